The molecule has 0 amide bonds. The van der Waals surface area contributed by atoms with Crippen LogP contribution >= 0.6 is 0 Å². The molecule has 0 aromatic rings. The lowest BCUT2D eigenvalue weighted by atomic mass is 9.71. The predicted octanol–water partition coefficient (Wildman–Crippen LogP) is 2.13. The monoisotopic (exact) mass is 203 g/mol. The van der Waals surface area contributed by atoms with E-state index in [2.05, 4.69) is 19.2 Å². The van der Waals surface area contributed by atoms with Gasteiger partial charge in [-0.05, 0) is 60.2 Å². The molecular weight excluding hydrogens is 182 g/mol. The number of hydrogen-bond acceptors (Lipinski definition) is 1. The quantitative estimate of drug-likeness (QED) is 0.725. The smallest absolute Gasteiger partial charge is 0.0137 e. The summed E-state index contributed by atoms with van der Waals surface area (Å²) in [5, 5.41) is 3.92. The summed E-state index contributed by atoms with van der Waals surface area (Å²) in [6.45, 7) is 4.66. The zero-order valence-corrected chi connectivity index (χ0v) is 9.69. The van der Waals surface area contributed by atoms with Crippen molar-refractivity contribution in [2.24, 2.45) is 47.3 Å². The third-order valence-corrected chi connectivity index (χ3v) is 6.85. The zero-order valence-electron chi connectivity index (χ0n) is 9.69. The van der Waals surface area contributed by atoms with E-state index in [9.17, 15) is 0 Å². The van der Waals surface area contributed by atoms with Gasteiger partial charge >= 0.3 is 0 Å². The average molecular weight is 203 g/mol. The van der Waals surface area contributed by atoms with Crippen LogP contribution in [0.15, 0.2) is 0 Å². The van der Waals surface area contributed by atoms with Gasteiger partial charge in [0.2, 0.25) is 0 Å². The Bertz CT molecular complexity index is 308. The second-order valence-electron chi connectivity index (χ2n) is 7.28. The molecular formula is C14H21N. The van der Waals surface area contributed by atoms with Gasteiger partial charge in [0.05, 0.1) is 0 Å². The second-order valence-corrected chi connectivity index (χ2v) is 7.28. The summed E-state index contributed by atoms with van der Waals surface area (Å²) < 4.78 is 0. The molecule has 6 aliphatic rings. The largest absolute Gasteiger partial charge is 0.311 e. The normalized spacial score (nSPS) is 71.0. The highest BCUT2D eigenvalue weighted by Gasteiger charge is 2.80. The average Bonchev–Trinajstić information content (AvgIpc) is 2.80. The molecule has 0 radical (unpaired) electrons. The molecule has 0 aliphatic heterocycles. The highest BCUT2D eigenvalue weighted by atomic mass is 15.0. The van der Waals surface area contributed by atoms with Crippen molar-refractivity contribution in [2.45, 2.75) is 38.8 Å². The fourth-order valence-corrected chi connectivity index (χ4v) is 7.23. The van der Waals surface area contributed by atoms with Gasteiger partial charge in [0, 0.05) is 12.1 Å². The lowest BCUT2D eigenvalue weighted by Crippen LogP contribution is -2.39. The molecule has 0 spiro atoms. The molecule has 6 rings (SSSR count). The Labute approximate surface area is 92.0 Å². The van der Waals surface area contributed by atoms with Crippen molar-refractivity contribution in [3.05, 3.63) is 0 Å². The third kappa shape index (κ3) is 0.638. The minimum Gasteiger partial charge on any atom is -0.311 e. The Kier molecular flexibility index (Phi) is 1.17. The zero-order chi connectivity index (χ0) is 9.89. The maximum Gasteiger partial charge on any atom is 0.0137 e. The first-order valence-corrected chi connectivity index (χ1v) is 7.03. The van der Waals surface area contributed by atoms with Gasteiger partial charge in [-0.15, -0.1) is 0 Å². The van der Waals surface area contributed by atoms with Crippen molar-refractivity contribution in [2.75, 3.05) is 0 Å². The van der Waals surface area contributed by atoms with Crippen LogP contribution in [0.5, 0.6) is 0 Å². The van der Waals surface area contributed by atoms with E-state index >= 15 is 0 Å². The second kappa shape index (κ2) is 2.16. The molecule has 15 heavy (non-hydrogen) atoms. The maximum atomic E-state index is 3.92. The lowest BCUT2D eigenvalue weighted by Gasteiger charge is -2.33. The van der Waals surface area contributed by atoms with Gasteiger partial charge in [-0.2, -0.15) is 0 Å². The summed E-state index contributed by atoms with van der Waals surface area (Å²) in [4.78, 5) is 0. The molecule has 6 saturated carbocycles. The van der Waals surface area contributed by atoms with Crippen LogP contribution in [0.4, 0.5) is 0 Å². The van der Waals surface area contributed by atoms with Gasteiger partial charge in [-0.1, -0.05) is 13.8 Å². The van der Waals surface area contributed by atoms with Crippen molar-refractivity contribution in [1.29, 1.82) is 0 Å². The Hall–Kier alpha value is -0.0400. The molecule has 0 saturated heterocycles. The van der Waals surface area contributed by atoms with Crippen LogP contribution in [0.1, 0.15) is 26.7 Å². The fourth-order valence-electron chi connectivity index (χ4n) is 7.23. The summed E-state index contributed by atoms with van der Waals surface area (Å²) in [6, 6.07) is 1.64. The fraction of sp³-hybridized carbons (Fsp3) is 1.00. The van der Waals surface area contributed by atoms with Gasteiger partial charge < -0.3 is 5.32 Å². The van der Waals surface area contributed by atoms with E-state index in [1.54, 1.807) is 12.8 Å². The van der Waals surface area contributed by atoms with Gasteiger partial charge in [-0.3, -0.25) is 0 Å². The molecule has 1 unspecified atom stereocenters. The van der Waals surface area contributed by atoms with Crippen molar-refractivity contribution in [1.82, 2.24) is 5.32 Å². The van der Waals surface area contributed by atoms with E-state index in [1.807, 2.05) is 0 Å². The molecule has 82 valence electrons. The number of nitrogens with one attached hydrogen (secondary N) is 1. The van der Waals surface area contributed by atoms with Crippen LogP contribution in [0, 0.1) is 47.3 Å². The van der Waals surface area contributed by atoms with E-state index in [1.165, 1.54) is 35.5 Å². The summed E-state index contributed by atoms with van der Waals surface area (Å²) >= 11 is 0. The number of rotatable bonds is 2. The minimum atomic E-state index is 0.699. The van der Waals surface area contributed by atoms with Crippen molar-refractivity contribution < 1.29 is 0 Å². The SMILES string of the molecule is CC(C)NC1[C@@H]2[C@@H]3C[C@@H]4[C@@H]5C[C@@H]([C@@H]1[C@H]53)[C@@H]42. The van der Waals surface area contributed by atoms with E-state index in [0.717, 1.165) is 17.9 Å². The van der Waals surface area contributed by atoms with Gasteiger partial charge in [0.15, 0.2) is 0 Å². The standard InChI is InChI=1S/C14H21N/c1-5(2)15-14-12-8-3-6-7-4-9(10(6)12)13(14)11(7)8/h5-15H,3-4H2,1-2H3/t6-,7+,8-,9-,10-,11-,12-,13-,14?/m1/s1. The van der Waals surface area contributed by atoms with Crippen LogP contribution in [-0.2, 0) is 0 Å². The van der Waals surface area contributed by atoms with E-state index in [4.69, 9.17) is 0 Å². The Morgan fingerprint density at radius 2 is 1.33 bits per heavy atom. The van der Waals surface area contributed by atoms with E-state index < -0.39 is 0 Å². The minimum absolute atomic E-state index is 0.699. The van der Waals surface area contributed by atoms with Crippen LogP contribution in [0.25, 0.3) is 0 Å². The molecule has 1 heteroatoms. The molecule has 6 fully saturated rings. The summed E-state index contributed by atoms with van der Waals surface area (Å²) in [6.07, 6.45) is 3.27. The van der Waals surface area contributed by atoms with E-state index in [0.29, 0.717) is 6.04 Å². The highest BCUT2D eigenvalue weighted by Crippen LogP contribution is 2.82. The Balaban J connectivity index is 1.60. The van der Waals surface area contributed by atoms with Crippen LogP contribution in [-0.4, -0.2) is 12.1 Å². The summed E-state index contributed by atoms with van der Waals surface area (Å²) in [5.74, 6) is 9.36. The molecule has 0 heterocycles. The number of hydrogen-bond donors (Lipinski definition) is 1. The Morgan fingerprint density at radius 1 is 0.800 bits per heavy atom. The first kappa shape index (κ1) is 8.11. The molecule has 1 N–H and O–H groups in total. The van der Waals surface area contributed by atoms with Gasteiger partial charge in [-0.25, -0.2) is 0 Å². The van der Waals surface area contributed by atoms with Crippen LogP contribution in [0.3, 0.4) is 0 Å². The third-order valence-electron chi connectivity index (χ3n) is 6.85. The van der Waals surface area contributed by atoms with Crippen molar-refractivity contribution in [3.63, 3.8) is 0 Å². The van der Waals surface area contributed by atoms with Crippen molar-refractivity contribution >= 4 is 0 Å². The summed E-state index contributed by atoms with van der Waals surface area (Å²) in [5.41, 5.74) is 0. The lowest BCUT2D eigenvalue weighted by molar-refractivity contribution is 0.132. The summed E-state index contributed by atoms with van der Waals surface area (Å²) in [7, 11) is 0. The van der Waals surface area contributed by atoms with E-state index in [-0.39, 0.29) is 0 Å². The molecule has 1 nitrogen and oxygen atoms in total. The highest BCUT2D eigenvalue weighted by molar-refractivity contribution is 5.29. The predicted molar refractivity (Wildman–Crippen MR) is 59.2 cm³/mol. The topological polar surface area (TPSA) is 12.0 Å². The van der Waals surface area contributed by atoms with Crippen LogP contribution in [0.2, 0.25) is 0 Å². The molecule has 6 aliphatic carbocycles. The Morgan fingerprint density at radius 3 is 1.80 bits per heavy atom. The molecule has 0 aromatic heterocycles. The van der Waals surface area contributed by atoms with Gasteiger partial charge in [0.1, 0.15) is 0 Å². The van der Waals surface area contributed by atoms with Crippen LogP contribution < -0.4 is 5.32 Å². The molecule has 0 aromatic carbocycles. The first-order valence-electron chi connectivity index (χ1n) is 7.03. The molecule has 6 bridgehead atoms. The first-order chi connectivity index (χ1) is 7.27. The maximum absolute atomic E-state index is 3.92. The van der Waals surface area contributed by atoms with Crippen molar-refractivity contribution in [3.8, 4) is 0 Å². The van der Waals surface area contributed by atoms with Gasteiger partial charge in [0.25, 0.3) is 0 Å². The molecule has 9 atom stereocenters.